The third kappa shape index (κ3) is 4.08. The van der Waals surface area contributed by atoms with Gasteiger partial charge in [0.25, 0.3) is 0 Å². The molecule has 1 heterocycles. The molecule has 110 valence electrons. The molecule has 5 heteroatoms. The van der Waals surface area contributed by atoms with Crippen LogP contribution in [0.25, 0.3) is 0 Å². The predicted molar refractivity (Wildman–Crippen MR) is 73.0 cm³/mol. The van der Waals surface area contributed by atoms with Gasteiger partial charge >= 0.3 is 6.09 Å². The minimum absolute atomic E-state index is 0.131. The number of aliphatic hydroxyl groups excluding tert-OH is 1. The second-order valence-electron chi connectivity index (χ2n) is 6.62. The number of rotatable bonds is 1. The van der Waals surface area contributed by atoms with E-state index in [-0.39, 0.29) is 12.2 Å². The van der Waals surface area contributed by atoms with Crippen LogP contribution in [0.15, 0.2) is 0 Å². The van der Waals surface area contributed by atoms with Crippen LogP contribution < -0.4 is 0 Å². The van der Waals surface area contributed by atoms with Crippen molar-refractivity contribution in [2.24, 2.45) is 0 Å². The number of ether oxygens (including phenoxy) is 1. The Morgan fingerprint density at radius 2 is 1.79 bits per heavy atom. The van der Waals surface area contributed by atoms with E-state index in [1.165, 1.54) is 0 Å². The molecule has 5 nitrogen and oxygen atoms in total. The average molecular weight is 270 g/mol. The molecule has 2 aliphatic rings. The molecule has 0 aromatic rings. The Bertz CT molecular complexity index is 319. The molecule has 1 saturated carbocycles. The van der Waals surface area contributed by atoms with Crippen LogP contribution in [0, 0.1) is 0 Å². The molecule has 0 radical (unpaired) electrons. The summed E-state index contributed by atoms with van der Waals surface area (Å²) in [5, 5.41) is 9.59. The van der Waals surface area contributed by atoms with Crippen molar-refractivity contribution in [2.45, 2.75) is 57.8 Å². The highest BCUT2D eigenvalue weighted by molar-refractivity contribution is 5.68. The monoisotopic (exact) mass is 270 g/mol. The van der Waals surface area contributed by atoms with Gasteiger partial charge in [-0.05, 0) is 40.0 Å². The number of hydrogen-bond donors (Lipinski definition) is 1. The average Bonchev–Trinajstić information content (AvgIpc) is 2.74. The summed E-state index contributed by atoms with van der Waals surface area (Å²) in [6.07, 6.45) is 2.53. The Morgan fingerprint density at radius 1 is 1.16 bits per heavy atom. The lowest BCUT2D eigenvalue weighted by Gasteiger charge is -2.38. The molecule has 1 aliphatic heterocycles. The van der Waals surface area contributed by atoms with E-state index in [2.05, 4.69) is 4.90 Å². The fraction of sp³-hybridized carbons (Fsp3) is 0.929. The number of amides is 1. The summed E-state index contributed by atoms with van der Waals surface area (Å²) in [4.78, 5) is 16.1. The molecule has 0 aromatic carbocycles. The summed E-state index contributed by atoms with van der Waals surface area (Å²) in [5.41, 5.74) is -0.427. The lowest BCUT2D eigenvalue weighted by Crippen LogP contribution is -2.52. The molecule has 0 spiro atoms. The second kappa shape index (κ2) is 5.67. The van der Waals surface area contributed by atoms with Crippen molar-refractivity contribution in [2.75, 3.05) is 26.2 Å². The van der Waals surface area contributed by atoms with Gasteiger partial charge < -0.3 is 14.7 Å². The van der Waals surface area contributed by atoms with Crippen molar-refractivity contribution < 1.29 is 14.6 Å². The van der Waals surface area contributed by atoms with Crippen LogP contribution >= 0.6 is 0 Å². The number of nitrogens with zero attached hydrogens (tertiary/aromatic N) is 2. The first-order chi connectivity index (χ1) is 8.85. The van der Waals surface area contributed by atoms with Gasteiger partial charge in [0.15, 0.2) is 0 Å². The van der Waals surface area contributed by atoms with E-state index in [9.17, 15) is 9.90 Å². The van der Waals surface area contributed by atoms with E-state index < -0.39 is 5.60 Å². The van der Waals surface area contributed by atoms with Crippen molar-refractivity contribution in [1.29, 1.82) is 0 Å². The highest BCUT2D eigenvalue weighted by Crippen LogP contribution is 2.25. The number of carbonyl (C=O) groups is 1. The number of aliphatic hydroxyl groups is 1. The van der Waals surface area contributed by atoms with E-state index in [1.807, 2.05) is 20.8 Å². The summed E-state index contributed by atoms with van der Waals surface area (Å²) in [5.74, 6) is 0. The Hall–Kier alpha value is -0.810. The molecule has 2 unspecified atom stereocenters. The van der Waals surface area contributed by atoms with Crippen LogP contribution in [0.4, 0.5) is 4.79 Å². The zero-order chi connectivity index (χ0) is 14.0. The van der Waals surface area contributed by atoms with Crippen molar-refractivity contribution in [1.82, 2.24) is 9.80 Å². The first-order valence-corrected chi connectivity index (χ1v) is 7.25. The molecule has 1 amide bonds. The molecule has 1 aliphatic carbocycles. The minimum atomic E-state index is -0.427. The number of carbonyl (C=O) groups excluding carboxylic acids is 1. The van der Waals surface area contributed by atoms with Crippen LogP contribution in [-0.2, 0) is 4.74 Å². The van der Waals surface area contributed by atoms with Crippen molar-refractivity contribution in [3.05, 3.63) is 0 Å². The third-order valence-corrected chi connectivity index (χ3v) is 3.86. The fourth-order valence-electron chi connectivity index (χ4n) is 2.86. The van der Waals surface area contributed by atoms with E-state index >= 15 is 0 Å². The molecule has 1 saturated heterocycles. The van der Waals surface area contributed by atoms with Crippen molar-refractivity contribution in [3.63, 3.8) is 0 Å². The summed E-state index contributed by atoms with van der Waals surface area (Å²) in [6.45, 7) is 8.89. The standard InChI is InChI=1S/C14H26N2O3/c1-14(2,3)19-13(18)16-8-6-15(7-9-16)11-4-5-12(17)10-11/h11-12,17H,4-10H2,1-3H3. The molecular weight excluding hydrogens is 244 g/mol. The van der Waals surface area contributed by atoms with E-state index in [0.29, 0.717) is 6.04 Å². The van der Waals surface area contributed by atoms with Gasteiger partial charge in [-0.2, -0.15) is 0 Å². The Balaban J connectivity index is 1.77. The Labute approximate surface area is 115 Å². The number of piperazine rings is 1. The highest BCUT2D eigenvalue weighted by atomic mass is 16.6. The molecule has 2 atom stereocenters. The molecule has 2 rings (SSSR count). The Morgan fingerprint density at radius 3 is 2.26 bits per heavy atom. The van der Waals surface area contributed by atoms with Crippen molar-refractivity contribution >= 4 is 6.09 Å². The van der Waals surface area contributed by atoms with E-state index in [1.54, 1.807) is 4.90 Å². The summed E-state index contributed by atoms with van der Waals surface area (Å²) in [6, 6.07) is 0.496. The SMILES string of the molecule is CC(C)(C)OC(=O)N1CCN(C2CCC(O)C2)CC1. The molecule has 2 fully saturated rings. The smallest absolute Gasteiger partial charge is 0.410 e. The second-order valence-corrected chi connectivity index (χ2v) is 6.62. The van der Waals surface area contributed by atoms with Gasteiger partial charge in [0, 0.05) is 32.2 Å². The lowest BCUT2D eigenvalue weighted by atomic mass is 10.2. The topological polar surface area (TPSA) is 53.0 Å². The number of hydrogen-bond acceptors (Lipinski definition) is 4. The first kappa shape index (κ1) is 14.6. The van der Waals surface area contributed by atoms with Crippen LogP contribution in [-0.4, -0.2) is 64.9 Å². The van der Waals surface area contributed by atoms with Crippen LogP contribution in [0.5, 0.6) is 0 Å². The Kier molecular flexibility index (Phi) is 4.36. The molecular formula is C14H26N2O3. The van der Waals surface area contributed by atoms with Gasteiger partial charge in [-0.3, -0.25) is 4.90 Å². The van der Waals surface area contributed by atoms with Crippen molar-refractivity contribution in [3.8, 4) is 0 Å². The van der Waals surface area contributed by atoms with Crippen LogP contribution in [0.3, 0.4) is 0 Å². The van der Waals surface area contributed by atoms with Gasteiger partial charge in [0.2, 0.25) is 0 Å². The maximum absolute atomic E-state index is 11.9. The largest absolute Gasteiger partial charge is 0.444 e. The molecule has 0 aromatic heterocycles. The summed E-state index contributed by atoms with van der Waals surface area (Å²) < 4.78 is 5.38. The maximum atomic E-state index is 11.9. The van der Waals surface area contributed by atoms with E-state index in [4.69, 9.17) is 4.74 Å². The molecule has 1 N–H and O–H groups in total. The summed E-state index contributed by atoms with van der Waals surface area (Å²) in [7, 11) is 0. The highest BCUT2D eigenvalue weighted by Gasteiger charge is 2.32. The molecule has 19 heavy (non-hydrogen) atoms. The zero-order valence-corrected chi connectivity index (χ0v) is 12.3. The van der Waals surface area contributed by atoms with Gasteiger partial charge in [-0.25, -0.2) is 4.79 Å². The maximum Gasteiger partial charge on any atom is 0.410 e. The van der Waals surface area contributed by atoms with Crippen LogP contribution in [0.2, 0.25) is 0 Å². The lowest BCUT2D eigenvalue weighted by molar-refractivity contribution is 0.00990. The fourth-order valence-corrected chi connectivity index (χ4v) is 2.86. The third-order valence-electron chi connectivity index (χ3n) is 3.86. The quantitative estimate of drug-likeness (QED) is 0.783. The zero-order valence-electron chi connectivity index (χ0n) is 12.3. The first-order valence-electron chi connectivity index (χ1n) is 7.25. The minimum Gasteiger partial charge on any atom is -0.444 e. The predicted octanol–water partition coefficient (Wildman–Crippen LogP) is 1.45. The van der Waals surface area contributed by atoms with E-state index in [0.717, 1.165) is 45.4 Å². The van der Waals surface area contributed by atoms with Gasteiger partial charge in [-0.15, -0.1) is 0 Å². The van der Waals surface area contributed by atoms with Gasteiger partial charge in [-0.1, -0.05) is 0 Å². The van der Waals surface area contributed by atoms with Gasteiger partial charge in [0.05, 0.1) is 6.10 Å². The summed E-state index contributed by atoms with van der Waals surface area (Å²) >= 11 is 0. The van der Waals surface area contributed by atoms with Crippen LogP contribution in [0.1, 0.15) is 40.0 Å². The van der Waals surface area contributed by atoms with Gasteiger partial charge in [0.1, 0.15) is 5.60 Å². The normalized spacial score (nSPS) is 29.6. The molecule has 0 bridgehead atoms.